The van der Waals surface area contributed by atoms with Crippen LogP contribution in [0.15, 0.2) is 30.3 Å². The summed E-state index contributed by atoms with van der Waals surface area (Å²) < 4.78 is 12.6. The maximum Gasteiger partial charge on any atom is 0.244 e. The molecule has 2 aliphatic rings. The molecule has 0 aliphatic carbocycles. The molecule has 0 saturated carbocycles. The van der Waals surface area contributed by atoms with Crippen LogP contribution in [-0.2, 0) is 15.3 Å². The third kappa shape index (κ3) is 3.80. The zero-order valence-electron chi connectivity index (χ0n) is 19.8. The number of hydrogen-bond donors (Lipinski definition) is 1. The highest BCUT2D eigenvalue weighted by Crippen LogP contribution is 2.67. The van der Waals surface area contributed by atoms with Crippen molar-refractivity contribution >= 4 is 5.90 Å². The highest BCUT2D eigenvalue weighted by atomic mass is 16.7. The molecule has 0 amide bonds. The molecule has 33 heavy (non-hydrogen) atoms. The van der Waals surface area contributed by atoms with Gasteiger partial charge in [0.2, 0.25) is 11.7 Å². The molecular weight excluding hydrogens is 412 g/mol. The Balaban J connectivity index is 1.91. The van der Waals surface area contributed by atoms with E-state index >= 15 is 0 Å². The van der Waals surface area contributed by atoms with E-state index in [9.17, 15) is 15.8 Å². The quantitative estimate of drug-likeness (QED) is 0.398. The zero-order chi connectivity index (χ0) is 24.0. The Morgan fingerprint density at radius 3 is 2.03 bits per heavy atom. The largest absolute Gasteiger partial charge is 0.443 e. The zero-order valence-corrected chi connectivity index (χ0v) is 19.8. The molecule has 2 fully saturated rings. The predicted octanol–water partition coefficient (Wildman–Crippen LogP) is 6.35. The van der Waals surface area contributed by atoms with Gasteiger partial charge in [-0.1, -0.05) is 95.5 Å². The number of nitrogens with one attached hydrogen (secondary N) is 1. The summed E-state index contributed by atoms with van der Waals surface area (Å²) in [7, 11) is 0. The van der Waals surface area contributed by atoms with Crippen LogP contribution in [0.2, 0.25) is 0 Å². The molecule has 1 aromatic rings. The van der Waals surface area contributed by atoms with E-state index in [0.29, 0.717) is 18.4 Å². The highest BCUT2D eigenvalue weighted by Gasteiger charge is 2.79. The Bertz CT molecular complexity index is 943. The van der Waals surface area contributed by atoms with Crippen molar-refractivity contribution in [1.82, 2.24) is 0 Å². The van der Waals surface area contributed by atoms with E-state index in [1.54, 1.807) is 0 Å². The number of nitrogens with zero attached hydrogens (tertiary/aromatic N) is 3. The summed E-state index contributed by atoms with van der Waals surface area (Å²) >= 11 is 0. The monoisotopic (exact) mass is 446 g/mol. The number of fused-ring (bicyclic) bond motifs is 2. The number of hydrogen-bond acceptors (Lipinski definition) is 6. The minimum atomic E-state index is -1.80. The molecule has 4 atom stereocenters. The van der Waals surface area contributed by atoms with Gasteiger partial charge in [-0.25, -0.2) is 0 Å². The number of rotatable bonds is 11. The van der Waals surface area contributed by atoms with Crippen molar-refractivity contribution in [3.8, 4) is 18.2 Å². The SMILES string of the molecule is CCCCCCCCCCC1OC2(c3ccccc3)OC(=N)C(C#N)(C2CC)C1(C#N)C#N. The molecule has 1 aromatic carbocycles. The first-order chi connectivity index (χ1) is 16.0. The van der Waals surface area contributed by atoms with Crippen LogP contribution in [0.3, 0.4) is 0 Å². The van der Waals surface area contributed by atoms with E-state index in [4.69, 9.17) is 14.9 Å². The van der Waals surface area contributed by atoms with Crippen molar-refractivity contribution in [2.45, 2.75) is 89.9 Å². The van der Waals surface area contributed by atoms with Gasteiger partial charge in [0.1, 0.15) is 0 Å². The summed E-state index contributed by atoms with van der Waals surface area (Å²) in [6, 6.07) is 15.9. The molecule has 0 spiro atoms. The minimum Gasteiger partial charge on any atom is -0.443 e. The Kier molecular flexibility index (Phi) is 7.78. The molecule has 0 aromatic heterocycles. The fourth-order valence-electron chi connectivity index (χ4n) is 5.74. The van der Waals surface area contributed by atoms with E-state index < -0.39 is 28.6 Å². The third-order valence-electron chi connectivity index (χ3n) is 7.45. The van der Waals surface area contributed by atoms with E-state index in [0.717, 1.165) is 19.3 Å². The Morgan fingerprint density at radius 1 is 0.879 bits per heavy atom. The van der Waals surface area contributed by atoms with Gasteiger partial charge in [-0.05, 0) is 12.8 Å². The Hall–Kier alpha value is -2.88. The lowest BCUT2D eigenvalue weighted by Crippen LogP contribution is -2.61. The van der Waals surface area contributed by atoms with Crippen LogP contribution in [0.25, 0.3) is 0 Å². The second-order valence-corrected chi connectivity index (χ2v) is 9.25. The van der Waals surface area contributed by atoms with Gasteiger partial charge in [0, 0.05) is 5.56 Å². The number of ether oxygens (including phenoxy) is 2. The molecule has 1 N–H and O–H groups in total. The fraction of sp³-hybridized carbons (Fsp3) is 0.630. The van der Waals surface area contributed by atoms with Crippen LogP contribution < -0.4 is 0 Å². The summed E-state index contributed by atoms with van der Waals surface area (Å²) in [5, 5.41) is 39.6. The van der Waals surface area contributed by atoms with E-state index in [1.165, 1.54) is 32.1 Å². The van der Waals surface area contributed by atoms with Crippen molar-refractivity contribution in [3.05, 3.63) is 35.9 Å². The van der Waals surface area contributed by atoms with Crippen molar-refractivity contribution in [1.29, 1.82) is 21.2 Å². The Labute approximate surface area is 197 Å². The smallest absolute Gasteiger partial charge is 0.244 e. The second kappa shape index (κ2) is 10.4. The number of benzene rings is 1. The van der Waals surface area contributed by atoms with E-state index in [-0.39, 0.29) is 5.90 Å². The molecule has 2 heterocycles. The molecule has 174 valence electrons. The molecule has 2 bridgehead atoms. The molecular formula is C27H34N4O2. The summed E-state index contributed by atoms with van der Waals surface area (Å²) in [6.07, 6.45) is 9.11. The average Bonchev–Trinajstić information content (AvgIpc) is 3.05. The molecule has 3 rings (SSSR count). The maximum absolute atomic E-state index is 10.4. The maximum atomic E-state index is 10.4. The first-order valence-corrected chi connectivity index (χ1v) is 12.3. The lowest BCUT2D eigenvalue weighted by Gasteiger charge is -2.49. The van der Waals surface area contributed by atoms with Crippen LogP contribution in [0.4, 0.5) is 0 Å². The van der Waals surface area contributed by atoms with Crippen molar-refractivity contribution in [2.24, 2.45) is 16.7 Å². The topological polar surface area (TPSA) is 114 Å². The standard InChI is InChI=1S/C27H34N4O2/c1-3-5-6-7-8-9-10-14-17-23-25(18-28,19-29)26(20-30)22(4-2)27(32-23,33-24(26)31)21-15-12-11-13-16-21/h11-13,15-16,22-23,31H,3-10,14,17H2,1-2H3. The second-order valence-electron chi connectivity index (χ2n) is 9.25. The molecule has 6 heteroatoms. The molecule has 4 unspecified atom stereocenters. The van der Waals surface area contributed by atoms with Crippen molar-refractivity contribution in [2.75, 3.05) is 0 Å². The van der Waals surface area contributed by atoms with Gasteiger partial charge in [-0.3, -0.25) is 5.41 Å². The van der Waals surface area contributed by atoms with Crippen LogP contribution in [0.5, 0.6) is 0 Å². The summed E-state index contributed by atoms with van der Waals surface area (Å²) in [4.78, 5) is 0. The number of nitriles is 3. The van der Waals surface area contributed by atoms with Gasteiger partial charge in [0.15, 0.2) is 10.8 Å². The lowest BCUT2D eigenvalue weighted by atomic mass is 9.52. The average molecular weight is 447 g/mol. The molecule has 0 radical (unpaired) electrons. The third-order valence-corrected chi connectivity index (χ3v) is 7.45. The normalized spacial score (nSPS) is 29.5. The van der Waals surface area contributed by atoms with Crippen molar-refractivity contribution < 1.29 is 9.47 Å². The minimum absolute atomic E-state index is 0.331. The van der Waals surface area contributed by atoms with Crippen molar-refractivity contribution in [3.63, 3.8) is 0 Å². The highest BCUT2D eigenvalue weighted by molar-refractivity contribution is 5.89. The van der Waals surface area contributed by atoms with Gasteiger partial charge < -0.3 is 9.47 Å². The fourth-order valence-corrected chi connectivity index (χ4v) is 5.74. The van der Waals surface area contributed by atoms with Crippen LogP contribution in [-0.4, -0.2) is 12.0 Å². The van der Waals surface area contributed by atoms with Gasteiger partial charge in [-0.15, -0.1) is 0 Å². The van der Waals surface area contributed by atoms with Crippen LogP contribution in [0.1, 0.15) is 83.6 Å². The van der Waals surface area contributed by atoms with Gasteiger partial charge >= 0.3 is 0 Å². The summed E-state index contributed by atoms with van der Waals surface area (Å²) in [5.74, 6) is -2.31. The number of unbranched alkanes of at least 4 members (excludes halogenated alkanes) is 7. The van der Waals surface area contributed by atoms with E-state index in [1.807, 2.05) is 37.3 Å². The van der Waals surface area contributed by atoms with Gasteiger partial charge in [0.25, 0.3) is 0 Å². The molecule has 2 saturated heterocycles. The predicted molar refractivity (Wildman–Crippen MR) is 125 cm³/mol. The molecule has 2 aliphatic heterocycles. The lowest BCUT2D eigenvalue weighted by molar-refractivity contribution is -0.290. The van der Waals surface area contributed by atoms with E-state index in [2.05, 4.69) is 25.1 Å². The Morgan fingerprint density at radius 2 is 1.48 bits per heavy atom. The first-order valence-electron chi connectivity index (χ1n) is 12.3. The van der Waals surface area contributed by atoms with Crippen LogP contribution >= 0.6 is 0 Å². The summed E-state index contributed by atoms with van der Waals surface area (Å²) in [6.45, 7) is 4.09. The summed E-state index contributed by atoms with van der Waals surface area (Å²) in [5.41, 5.74) is -2.76. The van der Waals surface area contributed by atoms with Crippen LogP contribution in [0, 0.1) is 56.2 Å². The molecule has 6 nitrogen and oxygen atoms in total. The first kappa shape index (κ1) is 24.8. The van der Waals surface area contributed by atoms with Gasteiger partial charge in [0.05, 0.1) is 30.2 Å². The van der Waals surface area contributed by atoms with Gasteiger partial charge in [-0.2, -0.15) is 15.8 Å².